The summed E-state index contributed by atoms with van der Waals surface area (Å²) < 4.78 is 0. The zero-order valence-corrected chi connectivity index (χ0v) is 16.1. The number of hydrogen-bond donors (Lipinski definition) is 3. The first-order valence-corrected chi connectivity index (χ1v) is 9.87. The van der Waals surface area contributed by atoms with Gasteiger partial charge in [0.25, 0.3) is 0 Å². The molecule has 1 aromatic heterocycles. The van der Waals surface area contributed by atoms with Crippen molar-refractivity contribution in [2.75, 3.05) is 13.1 Å². The van der Waals surface area contributed by atoms with Crippen LogP contribution < -0.4 is 11.0 Å². The lowest BCUT2D eigenvalue weighted by Crippen LogP contribution is -2.40. The Kier molecular flexibility index (Phi) is 5.30. The number of carbonyl (C=O) groups is 1. The predicted octanol–water partition coefficient (Wildman–Crippen LogP) is 2.95. The van der Waals surface area contributed by atoms with Crippen molar-refractivity contribution in [2.24, 2.45) is 5.92 Å². The molecule has 1 aliphatic heterocycles. The van der Waals surface area contributed by atoms with Crippen LogP contribution in [-0.2, 0) is 11.3 Å². The van der Waals surface area contributed by atoms with Crippen molar-refractivity contribution < 1.29 is 4.79 Å². The fourth-order valence-electron chi connectivity index (χ4n) is 3.93. The number of rotatable bonds is 5. The molecule has 0 saturated carbocycles. The molecule has 3 N–H and O–H groups in total. The SMILES string of the molecule is C[C@@H](NC(=O)C1CCN(Cc2ccccc2)CC1)c1ccc2[nH]c(=O)[nH]c2c1. The molecule has 6 heteroatoms. The zero-order chi connectivity index (χ0) is 19.5. The Morgan fingerprint density at radius 2 is 1.82 bits per heavy atom. The minimum Gasteiger partial charge on any atom is -0.349 e. The number of aromatic amines is 2. The van der Waals surface area contributed by atoms with Gasteiger partial charge in [-0.2, -0.15) is 0 Å². The Morgan fingerprint density at radius 3 is 2.57 bits per heavy atom. The second-order valence-electron chi connectivity index (χ2n) is 7.65. The first-order valence-electron chi connectivity index (χ1n) is 9.87. The Balaban J connectivity index is 1.31. The van der Waals surface area contributed by atoms with Gasteiger partial charge in [-0.15, -0.1) is 0 Å². The minimum atomic E-state index is -0.217. The molecular formula is C22H26N4O2. The van der Waals surface area contributed by atoms with Crippen molar-refractivity contribution in [3.63, 3.8) is 0 Å². The fraction of sp³-hybridized carbons (Fsp3) is 0.364. The molecule has 146 valence electrons. The van der Waals surface area contributed by atoms with E-state index >= 15 is 0 Å². The Morgan fingerprint density at radius 1 is 1.11 bits per heavy atom. The summed E-state index contributed by atoms with van der Waals surface area (Å²) in [4.78, 5) is 32.0. The quantitative estimate of drug-likeness (QED) is 0.638. The highest BCUT2D eigenvalue weighted by Crippen LogP contribution is 2.22. The molecule has 1 saturated heterocycles. The number of fused-ring (bicyclic) bond motifs is 1. The van der Waals surface area contributed by atoms with E-state index in [0.717, 1.165) is 49.1 Å². The maximum atomic E-state index is 12.7. The molecule has 0 radical (unpaired) electrons. The van der Waals surface area contributed by atoms with Crippen LogP contribution in [0.2, 0.25) is 0 Å². The largest absolute Gasteiger partial charge is 0.349 e. The van der Waals surface area contributed by atoms with Crippen molar-refractivity contribution in [3.05, 3.63) is 70.1 Å². The van der Waals surface area contributed by atoms with E-state index in [4.69, 9.17) is 0 Å². The van der Waals surface area contributed by atoms with Crippen LogP contribution in [0.3, 0.4) is 0 Å². The van der Waals surface area contributed by atoms with Crippen molar-refractivity contribution in [1.29, 1.82) is 0 Å². The number of aromatic nitrogens is 2. The summed E-state index contributed by atoms with van der Waals surface area (Å²) in [5.74, 6) is 0.180. The van der Waals surface area contributed by atoms with Crippen molar-refractivity contribution in [3.8, 4) is 0 Å². The third-order valence-corrected chi connectivity index (χ3v) is 5.61. The summed E-state index contributed by atoms with van der Waals surface area (Å²) in [5, 5.41) is 3.14. The highest BCUT2D eigenvalue weighted by molar-refractivity contribution is 5.80. The van der Waals surface area contributed by atoms with Gasteiger partial charge in [0.05, 0.1) is 17.1 Å². The maximum Gasteiger partial charge on any atom is 0.323 e. The molecule has 2 heterocycles. The third-order valence-electron chi connectivity index (χ3n) is 5.61. The molecule has 1 atom stereocenters. The van der Waals surface area contributed by atoms with Crippen LogP contribution in [-0.4, -0.2) is 33.9 Å². The molecule has 1 aliphatic rings. The van der Waals surface area contributed by atoms with E-state index in [2.05, 4.69) is 44.5 Å². The molecule has 1 fully saturated rings. The number of nitrogens with zero attached hydrogens (tertiary/aromatic N) is 1. The molecule has 0 aliphatic carbocycles. The highest BCUT2D eigenvalue weighted by Gasteiger charge is 2.26. The Labute approximate surface area is 164 Å². The number of likely N-dealkylation sites (tertiary alicyclic amines) is 1. The monoisotopic (exact) mass is 378 g/mol. The summed E-state index contributed by atoms with van der Waals surface area (Å²) in [6, 6.07) is 16.1. The van der Waals surface area contributed by atoms with E-state index in [-0.39, 0.29) is 23.6 Å². The van der Waals surface area contributed by atoms with Crippen LogP contribution in [0.1, 0.15) is 36.9 Å². The zero-order valence-electron chi connectivity index (χ0n) is 16.1. The van der Waals surface area contributed by atoms with Crippen molar-refractivity contribution in [1.82, 2.24) is 20.2 Å². The molecule has 0 unspecified atom stereocenters. The molecule has 0 spiro atoms. The van der Waals surface area contributed by atoms with Gasteiger partial charge in [-0.25, -0.2) is 4.79 Å². The minimum absolute atomic E-state index is 0.0604. The average molecular weight is 378 g/mol. The average Bonchev–Trinajstić information content (AvgIpc) is 3.08. The van der Waals surface area contributed by atoms with Crippen LogP contribution in [0.25, 0.3) is 11.0 Å². The normalized spacial score (nSPS) is 16.9. The standard InChI is InChI=1S/C22H26N4O2/c1-15(18-7-8-19-20(13-18)25-22(28)24-19)23-21(27)17-9-11-26(12-10-17)14-16-5-3-2-4-6-16/h2-8,13,15,17H,9-12,14H2,1H3,(H,23,27)(H2,24,25,28)/t15-/m1/s1. The number of piperidine rings is 1. The second kappa shape index (κ2) is 8.02. The van der Waals surface area contributed by atoms with Crippen molar-refractivity contribution >= 4 is 16.9 Å². The van der Waals surface area contributed by atoms with Gasteiger partial charge in [0.2, 0.25) is 5.91 Å². The first-order chi connectivity index (χ1) is 13.6. The number of H-pyrrole nitrogens is 2. The number of nitrogens with one attached hydrogen (secondary N) is 3. The molecular weight excluding hydrogens is 352 g/mol. The smallest absolute Gasteiger partial charge is 0.323 e. The van der Waals surface area contributed by atoms with E-state index in [0.29, 0.717) is 0 Å². The van der Waals surface area contributed by atoms with Gasteiger partial charge >= 0.3 is 5.69 Å². The lowest BCUT2D eigenvalue weighted by molar-refractivity contribution is -0.127. The summed E-state index contributed by atoms with van der Waals surface area (Å²) in [6.45, 7) is 4.81. The highest BCUT2D eigenvalue weighted by atomic mass is 16.2. The fourth-order valence-corrected chi connectivity index (χ4v) is 3.93. The summed E-state index contributed by atoms with van der Waals surface area (Å²) >= 11 is 0. The van der Waals surface area contributed by atoms with Crippen LogP contribution >= 0.6 is 0 Å². The van der Waals surface area contributed by atoms with Crippen LogP contribution in [0.4, 0.5) is 0 Å². The Bertz CT molecular complexity index is 1000. The van der Waals surface area contributed by atoms with Gasteiger partial charge < -0.3 is 15.3 Å². The molecule has 2 aromatic carbocycles. The van der Waals surface area contributed by atoms with Gasteiger partial charge in [0.15, 0.2) is 0 Å². The molecule has 0 bridgehead atoms. The van der Waals surface area contributed by atoms with E-state index in [1.54, 1.807) is 0 Å². The maximum absolute atomic E-state index is 12.7. The molecule has 28 heavy (non-hydrogen) atoms. The lowest BCUT2D eigenvalue weighted by Gasteiger charge is -2.32. The molecule has 6 nitrogen and oxygen atoms in total. The van der Waals surface area contributed by atoms with E-state index in [9.17, 15) is 9.59 Å². The molecule has 1 amide bonds. The van der Waals surface area contributed by atoms with Gasteiger partial charge in [0.1, 0.15) is 0 Å². The number of imidazole rings is 1. The van der Waals surface area contributed by atoms with Gasteiger partial charge in [0, 0.05) is 12.5 Å². The summed E-state index contributed by atoms with van der Waals surface area (Å²) in [5.41, 5.74) is 3.62. The van der Waals surface area contributed by atoms with Gasteiger partial charge in [-0.05, 0) is 56.1 Å². The number of hydrogen-bond acceptors (Lipinski definition) is 3. The van der Waals surface area contributed by atoms with Crippen molar-refractivity contribution in [2.45, 2.75) is 32.4 Å². The van der Waals surface area contributed by atoms with E-state index < -0.39 is 0 Å². The number of carbonyl (C=O) groups excluding carboxylic acids is 1. The topological polar surface area (TPSA) is 81.0 Å². The third kappa shape index (κ3) is 4.17. The van der Waals surface area contributed by atoms with E-state index in [1.807, 2.05) is 31.2 Å². The number of benzene rings is 2. The van der Waals surface area contributed by atoms with E-state index in [1.165, 1.54) is 5.56 Å². The lowest BCUT2D eigenvalue weighted by atomic mass is 9.95. The van der Waals surface area contributed by atoms with Crippen LogP contribution in [0.15, 0.2) is 53.3 Å². The molecule has 3 aromatic rings. The molecule has 4 rings (SSSR count). The predicted molar refractivity (Wildman–Crippen MR) is 110 cm³/mol. The summed E-state index contributed by atoms with van der Waals surface area (Å²) in [7, 11) is 0. The summed E-state index contributed by atoms with van der Waals surface area (Å²) in [6.07, 6.45) is 1.77. The first kappa shape index (κ1) is 18.5. The van der Waals surface area contributed by atoms with Crippen LogP contribution in [0.5, 0.6) is 0 Å². The van der Waals surface area contributed by atoms with Gasteiger partial charge in [-0.1, -0.05) is 36.4 Å². The number of amides is 1. The second-order valence-corrected chi connectivity index (χ2v) is 7.65. The van der Waals surface area contributed by atoms with Crippen LogP contribution in [0, 0.1) is 5.92 Å². The van der Waals surface area contributed by atoms with Gasteiger partial charge in [-0.3, -0.25) is 9.69 Å². The Hall–Kier alpha value is -2.86.